The maximum Gasteiger partial charge on any atom is 2.00 e. The Balaban J connectivity index is 0.00000205. The van der Waals surface area contributed by atoms with Crippen molar-refractivity contribution in [3.8, 4) is 11.3 Å². The Morgan fingerprint density at radius 2 is 1.66 bits per heavy atom. The molecule has 0 aliphatic heterocycles. The molecule has 0 unspecified atom stereocenters. The van der Waals surface area contributed by atoms with Crippen LogP contribution in [0.25, 0.3) is 39.0 Å². The molecule has 5 aromatic rings. The summed E-state index contributed by atoms with van der Waals surface area (Å²) in [6.45, 7) is 0. The van der Waals surface area contributed by atoms with Crippen LogP contribution in [0.3, 0.4) is 0 Å². The zero-order valence-corrected chi connectivity index (χ0v) is 17.0. The van der Waals surface area contributed by atoms with Crippen molar-refractivity contribution in [1.29, 1.82) is 0 Å². The van der Waals surface area contributed by atoms with Crippen LogP contribution in [0.4, 0.5) is 0 Å². The molecule has 0 bridgehead atoms. The molecule has 0 spiro atoms. The predicted molar refractivity (Wildman–Crippen MR) is 115 cm³/mol. The molecule has 0 amide bonds. The fourth-order valence-electron chi connectivity index (χ4n) is 3.39. The zero-order valence-electron chi connectivity index (χ0n) is 15.4. The van der Waals surface area contributed by atoms with Gasteiger partial charge in [-0.1, -0.05) is 48.0 Å². The number of benzene rings is 3. The van der Waals surface area contributed by atoms with E-state index in [1.807, 2.05) is 48.5 Å². The molecule has 0 saturated heterocycles. The smallest absolute Gasteiger partial charge is 0.306 e. The number of para-hydroxylation sites is 1. The summed E-state index contributed by atoms with van der Waals surface area (Å²) < 4.78 is 0. The molecular formula is C26H16N2Pd. The first-order valence-corrected chi connectivity index (χ1v) is 9.19. The van der Waals surface area contributed by atoms with E-state index in [1.54, 1.807) is 6.20 Å². The maximum atomic E-state index is 4.98. The minimum absolute atomic E-state index is 0. The van der Waals surface area contributed by atoms with Gasteiger partial charge in [-0.15, -0.1) is 64.9 Å². The Morgan fingerprint density at radius 3 is 2.55 bits per heavy atom. The van der Waals surface area contributed by atoms with E-state index in [0.717, 1.165) is 44.2 Å². The molecular weight excluding hydrogens is 447 g/mol. The van der Waals surface area contributed by atoms with Crippen LogP contribution in [0, 0.1) is 12.1 Å². The van der Waals surface area contributed by atoms with Gasteiger partial charge in [0.15, 0.2) is 0 Å². The number of pyridine rings is 2. The van der Waals surface area contributed by atoms with Crippen molar-refractivity contribution < 1.29 is 20.4 Å². The third-order valence-corrected chi connectivity index (χ3v) is 4.76. The molecule has 29 heavy (non-hydrogen) atoms. The molecule has 0 saturated carbocycles. The van der Waals surface area contributed by atoms with Crippen LogP contribution in [0.15, 0.2) is 91.1 Å². The van der Waals surface area contributed by atoms with Gasteiger partial charge in [0.1, 0.15) is 0 Å². The molecule has 0 aliphatic carbocycles. The minimum Gasteiger partial charge on any atom is -0.306 e. The van der Waals surface area contributed by atoms with Crippen LogP contribution in [0.5, 0.6) is 0 Å². The fourth-order valence-corrected chi connectivity index (χ4v) is 3.39. The number of nitrogens with zero attached hydrogens (tertiary/aromatic N) is 2. The monoisotopic (exact) mass is 462 g/mol. The molecule has 0 fully saturated rings. The molecule has 0 N–H and O–H groups in total. The van der Waals surface area contributed by atoms with Crippen molar-refractivity contribution in [1.82, 2.24) is 9.97 Å². The summed E-state index contributed by atoms with van der Waals surface area (Å²) in [6, 6.07) is 31.9. The third kappa shape index (κ3) is 3.89. The summed E-state index contributed by atoms with van der Waals surface area (Å²) in [5.74, 6) is 0. The second kappa shape index (κ2) is 8.49. The number of fused-ring (bicyclic) bond motifs is 2. The van der Waals surface area contributed by atoms with E-state index >= 15 is 0 Å². The molecule has 0 atom stereocenters. The van der Waals surface area contributed by atoms with Crippen LogP contribution in [-0.2, 0) is 20.4 Å². The van der Waals surface area contributed by atoms with Gasteiger partial charge < -0.3 is 9.97 Å². The second-order valence-electron chi connectivity index (χ2n) is 6.56. The molecule has 2 aromatic heterocycles. The Bertz CT molecular complexity index is 1310. The van der Waals surface area contributed by atoms with Gasteiger partial charge in [0.2, 0.25) is 0 Å². The average Bonchev–Trinajstić information content (AvgIpc) is 2.77. The third-order valence-electron chi connectivity index (χ3n) is 4.76. The number of aromatic nitrogens is 2. The van der Waals surface area contributed by atoms with Gasteiger partial charge >= 0.3 is 20.4 Å². The largest absolute Gasteiger partial charge is 2.00 e. The van der Waals surface area contributed by atoms with E-state index in [-0.39, 0.29) is 20.4 Å². The molecule has 2 heterocycles. The number of rotatable bonds is 3. The minimum atomic E-state index is 0. The zero-order chi connectivity index (χ0) is 18.8. The van der Waals surface area contributed by atoms with E-state index < -0.39 is 0 Å². The van der Waals surface area contributed by atoms with E-state index in [2.05, 4.69) is 59.6 Å². The van der Waals surface area contributed by atoms with E-state index in [4.69, 9.17) is 4.98 Å². The summed E-state index contributed by atoms with van der Waals surface area (Å²) in [4.78, 5) is 9.32. The Kier molecular flexibility index (Phi) is 5.62. The quantitative estimate of drug-likeness (QED) is 0.239. The van der Waals surface area contributed by atoms with Crippen molar-refractivity contribution in [2.45, 2.75) is 0 Å². The van der Waals surface area contributed by atoms with Crippen LogP contribution in [-0.4, -0.2) is 9.97 Å². The standard InChI is InChI=1S/C26H16N2.Pd/c1-2-12-23-19(7-1)8-6-13-24(23)25-17-15-21-10-5-9-20(26(21)28-25)14-16-22-11-3-4-18-27-22;/h1-11,13,15-18H;/q-2;+2. The van der Waals surface area contributed by atoms with E-state index in [9.17, 15) is 0 Å². The van der Waals surface area contributed by atoms with Gasteiger partial charge in [-0.2, -0.15) is 0 Å². The molecule has 2 nitrogen and oxygen atoms in total. The average molecular weight is 463 g/mol. The maximum absolute atomic E-state index is 4.98. The van der Waals surface area contributed by atoms with Crippen molar-refractivity contribution in [3.05, 3.63) is 115 Å². The van der Waals surface area contributed by atoms with Gasteiger partial charge in [0.25, 0.3) is 0 Å². The second-order valence-corrected chi connectivity index (χ2v) is 6.56. The SMILES string of the molecule is [C-](=Cc1ccccn1)c1cccc2ccc(-c3cccc4ccc[c-]c34)nc12.[Pd+2]. The molecule has 5 rings (SSSR count). The van der Waals surface area contributed by atoms with Gasteiger partial charge in [0, 0.05) is 11.9 Å². The van der Waals surface area contributed by atoms with Crippen LogP contribution < -0.4 is 0 Å². The van der Waals surface area contributed by atoms with Crippen molar-refractivity contribution in [2.24, 2.45) is 0 Å². The fraction of sp³-hybridized carbons (Fsp3) is 0. The normalized spacial score (nSPS) is 11.0. The van der Waals surface area contributed by atoms with Gasteiger partial charge in [-0.05, 0) is 28.7 Å². The van der Waals surface area contributed by atoms with Crippen molar-refractivity contribution in [2.75, 3.05) is 0 Å². The van der Waals surface area contributed by atoms with Crippen LogP contribution in [0.1, 0.15) is 11.3 Å². The topological polar surface area (TPSA) is 25.8 Å². The molecule has 3 heteroatoms. The summed E-state index contributed by atoms with van der Waals surface area (Å²) in [7, 11) is 0. The summed E-state index contributed by atoms with van der Waals surface area (Å²) in [5.41, 5.74) is 4.78. The van der Waals surface area contributed by atoms with Crippen molar-refractivity contribution >= 4 is 27.8 Å². The van der Waals surface area contributed by atoms with Gasteiger partial charge in [-0.3, -0.25) is 0 Å². The molecule has 0 radical (unpaired) electrons. The number of hydrogen-bond donors (Lipinski definition) is 0. The van der Waals surface area contributed by atoms with Crippen LogP contribution >= 0.6 is 0 Å². The predicted octanol–water partition coefficient (Wildman–Crippen LogP) is 6.11. The summed E-state index contributed by atoms with van der Waals surface area (Å²) >= 11 is 0. The Labute approximate surface area is 183 Å². The Hall–Kier alpha value is -3.12. The van der Waals surface area contributed by atoms with Gasteiger partial charge in [-0.25, -0.2) is 0 Å². The number of hydrogen-bond acceptors (Lipinski definition) is 2. The summed E-state index contributed by atoms with van der Waals surface area (Å²) in [5, 5.41) is 3.34. The van der Waals surface area contributed by atoms with Gasteiger partial charge in [0.05, 0.1) is 0 Å². The van der Waals surface area contributed by atoms with E-state index in [0.29, 0.717) is 0 Å². The first kappa shape index (κ1) is 19.2. The summed E-state index contributed by atoms with van der Waals surface area (Å²) in [6.07, 6.45) is 7.04. The Morgan fingerprint density at radius 1 is 0.793 bits per heavy atom. The molecule has 0 aliphatic rings. The molecule has 140 valence electrons. The van der Waals surface area contributed by atoms with E-state index in [1.165, 1.54) is 0 Å². The van der Waals surface area contributed by atoms with Crippen LogP contribution in [0.2, 0.25) is 0 Å². The van der Waals surface area contributed by atoms with Crippen molar-refractivity contribution in [3.63, 3.8) is 0 Å². The first-order chi connectivity index (χ1) is 13.9. The first-order valence-electron chi connectivity index (χ1n) is 9.19. The molecule has 3 aromatic carbocycles.